The van der Waals surface area contributed by atoms with Crippen molar-refractivity contribution < 1.29 is 5.11 Å². The van der Waals surface area contributed by atoms with Crippen LogP contribution in [0, 0.1) is 0 Å². The van der Waals surface area contributed by atoms with Crippen LogP contribution >= 0.6 is 0 Å². The molecule has 78 valence electrons. The van der Waals surface area contributed by atoms with Crippen LogP contribution in [0.1, 0.15) is 32.1 Å². The Hall–Kier alpha value is -0.120. The van der Waals surface area contributed by atoms with Crippen molar-refractivity contribution >= 4 is 0 Å². The van der Waals surface area contributed by atoms with E-state index in [9.17, 15) is 0 Å². The molecule has 0 radical (unpaired) electrons. The topological polar surface area (TPSA) is 49.5 Å². The fraction of sp³-hybridized carbons (Fsp3) is 1.00. The highest BCUT2D eigenvalue weighted by molar-refractivity contribution is 4.75. The number of hydrogen-bond acceptors (Lipinski definition) is 3. The lowest BCUT2D eigenvalue weighted by Crippen LogP contribution is -2.37. The van der Waals surface area contributed by atoms with E-state index in [4.69, 9.17) is 10.8 Å². The molecule has 1 fully saturated rings. The molecule has 1 heterocycles. The van der Waals surface area contributed by atoms with Crippen molar-refractivity contribution in [3.05, 3.63) is 0 Å². The second-order valence-corrected chi connectivity index (χ2v) is 4.15. The van der Waals surface area contributed by atoms with Gasteiger partial charge in [-0.2, -0.15) is 0 Å². The molecule has 0 saturated carbocycles. The van der Waals surface area contributed by atoms with E-state index in [0.29, 0.717) is 6.04 Å². The average Bonchev–Trinajstić information content (AvgIpc) is 2.16. The number of aliphatic hydroxyl groups is 1. The van der Waals surface area contributed by atoms with Crippen LogP contribution in [0.2, 0.25) is 0 Å². The van der Waals surface area contributed by atoms with Crippen LogP contribution in [0.25, 0.3) is 0 Å². The predicted octanol–water partition coefficient (Wildman–Crippen LogP) is 0.571. The summed E-state index contributed by atoms with van der Waals surface area (Å²) in [5, 5.41) is 8.79. The molecule has 0 aromatic carbocycles. The third-order valence-electron chi connectivity index (χ3n) is 3.03. The number of nitrogens with zero attached hydrogens (tertiary/aromatic N) is 1. The van der Waals surface area contributed by atoms with E-state index in [2.05, 4.69) is 11.9 Å². The van der Waals surface area contributed by atoms with Gasteiger partial charge in [-0.25, -0.2) is 0 Å². The SMILES string of the molecule is CN1CCCCC1CCC(N)CO. The molecule has 2 unspecified atom stereocenters. The predicted molar refractivity (Wildman–Crippen MR) is 54.6 cm³/mol. The first kappa shape index (κ1) is 11.0. The van der Waals surface area contributed by atoms with Crippen LogP contribution in [0.15, 0.2) is 0 Å². The first-order valence-corrected chi connectivity index (χ1v) is 5.30. The zero-order chi connectivity index (χ0) is 9.68. The van der Waals surface area contributed by atoms with Gasteiger partial charge in [0.25, 0.3) is 0 Å². The molecule has 0 bridgehead atoms. The summed E-state index contributed by atoms with van der Waals surface area (Å²) in [6, 6.07) is 0.682. The number of likely N-dealkylation sites (tertiary alicyclic amines) is 1. The van der Waals surface area contributed by atoms with Gasteiger partial charge < -0.3 is 15.7 Å². The minimum atomic E-state index is -0.0182. The molecular formula is C10H22N2O. The second kappa shape index (κ2) is 5.58. The van der Waals surface area contributed by atoms with Crippen molar-refractivity contribution in [1.29, 1.82) is 0 Å². The van der Waals surface area contributed by atoms with Gasteiger partial charge in [0.2, 0.25) is 0 Å². The Morgan fingerprint density at radius 2 is 2.31 bits per heavy atom. The Labute approximate surface area is 80.9 Å². The number of aliphatic hydroxyl groups excluding tert-OH is 1. The molecule has 0 aliphatic carbocycles. The Balaban J connectivity index is 2.18. The van der Waals surface area contributed by atoms with Crippen LogP contribution in [0.3, 0.4) is 0 Å². The lowest BCUT2D eigenvalue weighted by atomic mass is 9.97. The van der Waals surface area contributed by atoms with Crippen molar-refractivity contribution in [2.75, 3.05) is 20.2 Å². The molecule has 3 heteroatoms. The normalized spacial score (nSPS) is 27.5. The summed E-state index contributed by atoms with van der Waals surface area (Å²) in [7, 11) is 2.19. The molecule has 13 heavy (non-hydrogen) atoms. The van der Waals surface area contributed by atoms with Gasteiger partial charge in [-0.15, -0.1) is 0 Å². The van der Waals surface area contributed by atoms with Gasteiger partial charge in [0.15, 0.2) is 0 Å². The lowest BCUT2D eigenvalue weighted by Gasteiger charge is -2.32. The molecule has 2 atom stereocenters. The van der Waals surface area contributed by atoms with Crippen molar-refractivity contribution in [2.45, 2.75) is 44.2 Å². The summed E-state index contributed by atoms with van der Waals surface area (Å²) in [5.74, 6) is 0. The molecule has 0 spiro atoms. The number of rotatable bonds is 4. The molecule has 3 nitrogen and oxygen atoms in total. The number of piperidine rings is 1. The second-order valence-electron chi connectivity index (χ2n) is 4.15. The summed E-state index contributed by atoms with van der Waals surface area (Å²) in [6.45, 7) is 1.34. The van der Waals surface area contributed by atoms with Crippen LogP contribution < -0.4 is 5.73 Å². The summed E-state index contributed by atoms with van der Waals surface area (Å²) in [5.41, 5.74) is 5.67. The van der Waals surface area contributed by atoms with Crippen molar-refractivity contribution in [3.8, 4) is 0 Å². The maximum Gasteiger partial charge on any atom is 0.0582 e. The van der Waals surface area contributed by atoms with E-state index >= 15 is 0 Å². The van der Waals surface area contributed by atoms with E-state index in [-0.39, 0.29) is 12.6 Å². The Kier molecular flexibility index (Phi) is 4.70. The van der Waals surface area contributed by atoms with Crippen LogP contribution in [0.4, 0.5) is 0 Å². The van der Waals surface area contributed by atoms with E-state index in [1.165, 1.54) is 25.8 Å². The smallest absolute Gasteiger partial charge is 0.0582 e. The largest absolute Gasteiger partial charge is 0.395 e. The van der Waals surface area contributed by atoms with E-state index in [0.717, 1.165) is 12.8 Å². The Bertz CT molecular complexity index is 141. The Morgan fingerprint density at radius 3 is 2.92 bits per heavy atom. The van der Waals surface area contributed by atoms with Crippen LogP contribution in [0.5, 0.6) is 0 Å². The van der Waals surface area contributed by atoms with Crippen LogP contribution in [-0.2, 0) is 0 Å². The third-order valence-corrected chi connectivity index (χ3v) is 3.03. The number of hydrogen-bond donors (Lipinski definition) is 2. The minimum Gasteiger partial charge on any atom is -0.395 e. The van der Waals surface area contributed by atoms with Gasteiger partial charge >= 0.3 is 0 Å². The molecule has 0 amide bonds. The highest BCUT2D eigenvalue weighted by Crippen LogP contribution is 2.19. The maximum absolute atomic E-state index is 8.79. The van der Waals surface area contributed by atoms with E-state index in [1.807, 2.05) is 0 Å². The molecule has 1 rings (SSSR count). The maximum atomic E-state index is 8.79. The van der Waals surface area contributed by atoms with Gasteiger partial charge in [-0.3, -0.25) is 0 Å². The average molecular weight is 186 g/mol. The van der Waals surface area contributed by atoms with Crippen LogP contribution in [-0.4, -0.2) is 42.3 Å². The molecule has 1 saturated heterocycles. The van der Waals surface area contributed by atoms with Gasteiger partial charge in [-0.1, -0.05) is 6.42 Å². The van der Waals surface area contributed by atoms with Crippen molar-refractivity contribution in [1.82, 2.24) is 4.90 Å². The third kappa shape index (κ3) is 3.63. The summed E-state index contributed by atoms with van der Waals surface area (Å²) < 4.78 is 0. The minimum absolute atomic E-state index is 0.0182. The zero-order valence-electron chi connectivity index (χ0n) is 8.58. The van der Waals surface area contributed by atoms with Gasteiger partial charge in [0.1, 0.15) is 0 Å². The molecule has 3 N–H and O–H groups in total. The first-order valence-electron chi connectivity index (χ1n) is 5.30. The monoisotopic (exact) mass is 186 g/mol. The fourth-order valence-corrected chi connectivity index (χ4v) is 2.01. The molecule has 0 aromatic heterocycles. The molecule has 0 aromatic rings. The highest BCUT2D eigenvalue weighted by Gasteiger charge is 2.18. The lowest BCUT2D eigenvalue weighted by molar-refractivity contribution is 0.165. The summed E-state index contributed by atoms with van der Waals surface area (Å²) in [4.78, 5) is 2.42. The zero-order valence-corrected chi connectivity index (χ0v) is 8.58. The highest BCUT2D eigenvalue weighted by atomic mass is 16.3. The van der Waals surface area contributed by atoms with Gasteiger partial charge in [-0.05, 0) is 39.3 Å². The fourth-order valence-electron chi connectivity index (χ4n) is 2.01. The summed E-state index contributed by atoms with van der Waals surface area (Å²) >= 11 is 0. The Morgan fingerprint density at radius 1 is 1.54 bits per heavy atom. The van der Waals surface area contributed by atoms with Crippen molar-refractivity contribution in [2.24, 2.45) is 5.73 Å². The molecule has 1 aliphatic rings. The molecule has 1 aliphatic heterocycles. The van der Waals surface area contributed by atoms with Gasteiger partial charge in [0.05, 0.1) is 6.61 Å². The quantitative estimate of drug-likeness (QED) is 0.675. The molecular weight excluding hydrogens is 164 g/mol. The first-order chi connectivity index (χ1) is 6.24. The van der Waals surface area contributed by atoms with Gasteiger partial charge in [0, 0.05) is 12.1 Å². The van der Waals surface area contributed by atoms with E-state index in [1.54, 1.807) is 0 Å². The van der Waals surface area contributed by atoms with Crippen molar-refractivity contribution in [3.63, 3.8) is 0 Å². The summed E-state index contributed by atoms with van der Waals surface area (Å²) in [6.07, 6.45) is 6.07. The number of nitrogens with two attached hydrogens (primary N) is 1. The standard InChI is InChI=1S/C10H22N2O/c1-12-7-3-2-4-10(12)6-5-9(11)8-13/h9-10,13H,2-8,11H2,1H3. The van der Waals surface area contributed by atoms with E-state index < -0.39 is 0 Å².